The van der Waals surface area contributed by atoms with Crippen LogP contribution >= 0.6 is 0 Å². The molecule has 0 radical (unpaired) electrons. The fourth-order valence-electron chi connectivity index (χ4n) is 2.71. The lowest BCUT2D eigenvalue weighted by Gasteiger charge is -2.43. The molecule has 0 bridgehead atoms. The number of nitrogens with zero attached hydrogens (tertiary/aromatic N) is 4. The smallest absolute Gasteiger partial charge is 0.150 e. The fraction of sp³-hybridized carbons (Fsp3) is 0.769. The van der Waals surface area contributed by atoms with Crippen molar-refractivity contribution in [2.75, 3.05) is 30.8 Å². The Bertz CT molecular complexity index is 413. The summed E-state index contributed by atoms with van der Waals surface area (Å²) in [6.45, 7) is 11.5. The van der Waals surface area contributed by atoms with E-state index < -0.39 is 0 Å². The van der Waals surface area contributed by atoms with Gasteiger partial charge in [0.05, 0.1) is 11.4 Å². The molecule has 2 heterocycles. The Kier molecular flexibility index (Phi) is 3.52. The van der Waals surface area contributed by atoms with Crippen LogP contribution in [0.5, 0.6) is 0 Å². The van der Waals surface area contributed by atoms with Gasteiger partial charge < -0.3 is 10.6 Å². The average molecular weight is 251 g/mol. The van der Waals surface area contributed by atoms with Gasteiger partial charge in [0.25, 0.3) is 0 Å². The fourth-order valence-corrected chi connectivity index (χ4v) is 2.71. The van der Waals surface area contributed by atoms with E-state index in [0.29, 0.717) is 12.1 Å². The quantitative estimate of drug-likeness (QED) is 0.861. The van der Waals surface area contributed by atoms with Crippen molar-refractivity contribution in [1.29, 1.82) is 0 Å². The number of likely N-dealkylation sites (N-methyl/N-ethyl adjacent to an activating group) is 1. The summed E-state index contributed by atoms with van der Waals surface area (Å²) in [5.74, 6) is 1.10. The number of rotatable bonds is 2. The van der Waals surface area contributed by atoms with E-state index in [1.54, 1.807) is 0 Å². The summed E-state index contributed by atoms with van der Waals surface area (Å²) in [5.41, 5.74) is 7.97. The lowest BCUT2D eigenvalue weighted by Crippen LogP contribution is -2.55. The molecule has 5 nitrogen and oxygen atoms in total. The van der Waals surface area contributed by atoms with E-state index in [1.807, 2.05) is 11.6 Å². The third-order valence-electron chi connectivity index (χ3n) is 4.10. The highest BCUT2D eigenvalue weighted by atomic mass is 15.4. The maximum Gasteiger partial charge on any atom is 0.150 e. The van der Waals surface area contributed by atoms with Gasteiger partial charge in [-0.15, -0.1) is 0 Å². The molecule has 5 heteroatoms. The Balaban J connectivity index is 2.32. The van der Waals surface area contributed by atoms with Crippen LogP contribution in [0.15, 0.2) is 0 Å². The first-order valence-corrected chi connectivity index (χ1v) is 6.75. The summed E-state index contributed by atoms with van der Waals surface area (Å²) in [6.07, 6.45) is 0. The highest BCUT2D eigenvalue weighted by Gasteiger charge is 2.29. The molecule has 18 heavy (non-hydrogen) atoms. The van der Waals surface area contributed by atoms with Crippen LogP contribution < -0.4 is 10.6 Å². The molecule has 0 aliphatic carbocycles. The minimum atomic E-state index is 0.536. The van der Waals surface area contributed by atoms with Crippen molar-refractivity contribution in [3.63, 3.8) is 0 Å². The van der Waals surface area contributed by atoms with Crippen molar-refractivity contribution in [2.45, 2.75) is 46.3 Å². The van der Waals surface area contributed by atoms with Crippen molar-refractivity contribution in [1.82, 2.24) is 14.7 Å². The topological polar surface area (TPSA) is 50.3 Å². The van der Waals surface area contributed by atoms with Crippen LogP contribution in [-0.4, -0.2) is 46.9 Å². The monoisotopic (exact) mass is 251 g/mol. The number of hydrogen-bond acceptors (Lipinski definition) is 4. The van der Waals surface area contributed by atoms with Gasteiger partial charge in [0, 0.05) is 31.7 Å². The molecule has 102 valence electrons. The van der Waals surface area contributed by atoms with Crippen molar-refractivity contribution >= 4 is 11.5 Å². The van der Waals surface area contributed by atoms with E-state index >= 15 is 0 Å². The highest BCUT2D eigenvalue weighted by Crippen LogP contribution is 2.29. The van der Waals surface area contributed by atoms with Crippen LogP contribution in [-0.2, 0) is 6.54 Å². The number of nitrogens with two attached hydrogens (primary N) is 1. The number of nitrogen functional groups attached to an aromatic ring is 1. The zero-order chi connectivity index (χ0) is 13.4. The lowest BCUT2D eigenvalue weighted by atomic mass is 10.1. The molecule has 0 spiro atoms. The summed E-state index contributed by atoms with van der Waals surface area (Å²) < 4.78 is 2.02. The van der Waals surface area contributed by atoms with Crippen LogP contribution in [0.4, 0.5) is 11.5 Å². The SMILES string of the molecule is CCn1nc(C)c(N)c1N1CC(C)N(C)C(C)C1. The second-order valence-electron chi connectivity index (χ2n) is 5.41. The van der Waals surface area contributed by atoms with E-state index in [1.165, 1.54) is 0 Å². The van der Waals surface area contributed by atoms with E-state index in [9.17, 15) is 0 Å². The predicted octanol–water partition coefficient (Wildman–Crippen LogP) is 1.32. The molecular weight excluding hydrogens is 226 g/mol. The van der Waals surface area contributed by atoms with Crippen molar-refractivity contribution in [2.24, 2.45) is 0 Å². The van der Waals surface area contributed by atoms with Gasteiger partial charge in [-0.1, -0.05) is 0 Å². The molecular formula is C13H25N5. The van der Waals surface area contributed by atoms with Gasteiger partial charge >= 0.3 is 0 Å². The Hall–Kier alpha value is -1.23. The second-order valence-corrected chi connectivity index (χ2v) is 5.41. The molecule has 0 aromatic carbocycles. The second kappa shape index (κ2) is 4.80. The maximum atomic E-state index is 6.20. The zero-order valence-electron chi connectivity index (χ0n) is 12.1. The Labute approximate surface area is 110 Å². The van der Waals surface area contributed by atoms with Gasteiger partial charge in [0.1, 0.15) is 0 Å². The normalized spacial score (nSPS) is 25.7. The molecule has 2 rings (SSSR count). The first-order valence-electron chi connectivity index (χ1n) is 6.75. The third-order valence-corrected chi connectivity index (χ3v) is 4.10. The molecule has 2 N–H and O–H groups in total. The Morgan fingerprint density at radius 2 is 1.83 bits per heavy atom. The molecule has 1 aromatic heterocycles. The van der Waals surface area contributed by atoms with Crippen LogP contribution in [0, 0.1) is 6.92 Å². The van der Waals surface area contributed by atoms with E-state index in [2.05, 4.69) is 42.7 Å². The van der Waals surface area contributed by atoms with E-state index in [4.69, 9.17) is 5.73 Å². The summed E-state index contributed by atoms with van der Waals surface area (Å²) in [6, 6.07) is 1.07. The largest absolute Gasteiger partial charge is 0.394 e. The number of piperazine rings is 1. The first-order chi connectivity index (χ1) is 8.45. The zero-order valence-corrected chi connectivity index (χ0v) is 12.1. The number of anilines is 2. The standard InChI is InChI=1S/C13H25N5/c1-6-18-13(12(14)11(4)15-18)17-7-9(2)16(5)10(3)8-17/h9-10H,6-8,14H2,1-5H3. The Morgan fingerprint density at radius 1 is 1.28 bits per heavy atom. The maximum absolute atomic E-state index is 6.20. The molecule has 1 aliphatic rings. The Morgan fingerprint density at radius 3 is 2.33 bits per heavy atom. The van der Waals surface area contributed by atoms with Gasteiger partial charge in [-0.05, 0) is 34.7 Å². The third kappa shape index (κ3) is 2.07. The first kappa shape index (κ1) is 13.2. The average Bonchev–Trinajstić information content (AvgIpc) is 2.62. The van der Waals surface area contributed by atoms with Crippen molar-refractivity contribution < 1.29 is 0 Å². The highest BCUT2D eigenvalue weighted by molar-refractivity contribution is 5.66. The number of aryl methyl sites for hydroxylation is 2. The number of hydrogen-bond donors (Lipinski definition) is 1. The van der Waals surface area contributed by atoms with Crippen LogP contribution in [0.2, 0.25) is 0 Å². The van der Waals surface area contributed by atoms with Crippen molar-refractivity contribution in [3.05, 3.63) is 5.69 Å². The molecule has 2 unspecified atom stereocenters. The van der Waals surface area contributed by atoms with Crippen molar-refractivity contribution in [3.8, 4) is 0 Å². The summed E-state index contributed by atoms with van der Waals surface area (Å²) in [4.78, 5) is 4.81. The van der Waals surface area contributed by atoms with Gasteiger partial charge in [0.15, 0.2) is 5.82 Å². The molecule has 2 atom stereocenters. The lowest BCUT2D eigenvalue weighted by molar-refractivity contribution is 0.169. The molecule has 1 aromatic rings. The van der Waals surface area contributed by atoms with Gasteiger partial charge in [-0.3, -0.25) is 4.90 Å². The number of aromatic nitrogens is 2. The molecule has 1 fully saturated rings. The van der Waals surface area contributed by atoms with Gasteiger partial charge in [-0.2, -0.15) is 5.10 Å². The minimum absolute atomic E-state index is 0.536. The summed E-state index contributed by atoms with van der Waals surface area (Å²) >= 11 is 0. The summed E-state index contributed by atoms with van der Waals surface area (Å²) in [5, 5.41) is 4.51. The van der Waals surface area contributed by atoms with E-state index in [0.717, 1.165) is 36.8 Å². The van der Waals surface area contributed by atoms with E-state index in [-0.39, 0.29) is 0 Å². The molecule has 1 aliphatic heterocycles. The van der Waals surface area contributed by atoms with Crippen LogP contribution in [0.25, 0.3) is 0 Å². The van der Waals surface area contributed by atoms with Gasteiger partial charge in [0.2, 0.25) is 0 Å². The molecule has 0 saturated carbocycles. The predicted molar refractivity (Wildman–Crippen MR) is 76.0 cm³/mol. The minimum Gasteiger partial charge on any atom is -0.394 e. The molecule has 0 amide bonds. The molecule has 1 saturated heterocycles. The summed E-state index contributed by atoms with van der Waals surface area (Å²) in [7, 11) is 2.19. The van der Waals surface area contributed by atoms with Crippen LogP contribution in [0.1, 0.15) is 26.5 Å². The van der Waals surface area contributed by atoms with Crippen LogP contribution in [0.3, 0.4) is 0 Å². The van der Waals surface area contributed by atoms with Gasteiger partial charge in [-0.25, -0.2) is 4.68 Å².